The minimum absolute atomic E-state index is 0.00267. The second kappa shape index (κ2) is 7.15. The lowest BCUT2D eigenvalue weighted by Crippen LogP contribution is -2.38. The van der Waals surface area contributed by atoms with Crippen molar-refractivity contribution < 1.29 is 0 Å². The van der Waals surface area contributed by atoms with E-state index in [2.05, 4.69) is 15.1 Å². The molecule has 0 bridgehead atoms. The van der Waals surface area contributed by atoms with E-state index < -0.39 is 0 Å². The maximum Gasteiger partial charge on any atom is 0.270 e. The molecule has 26 heavy (non-hydrogen) atoms. The highest BCUT2D eigenvalue weighted by atomic mass is 16.1. The number of nitrogens with zero attached hydrogens (tertiary/aromatic N) is 5. The third kappa shape index (κ3) is 3.77. The number of aromatic nitrogens is 4. The smallest absolute Gasteiger partial charge is 0.270 e. The highest BCUT2D eigenvalue weighted by molar-refractivity contribution is 5.12. The van der Waals surface area contributed by atoms with E-state index in [1.165, 1.54) is 17.5 Å². The Balaban J connectivity index is 1.35. The summed E-state index contributed by atoms with van der Waals surface area (Å²) in [5.41, 5.74) is 1.82. The van der Waals surface area contributed by atoms with Gasteiger partial charge in [-0.3, -0.25) is 14.5 Å². The van der Waals surface area contributed by atoms with E-state index in [1.807, 2.05) is 6.07 Å². The van der Waals surface area contributed by atoms with Crippen molar-refractivity contribution in [2.45, 2.75) is 44.7 Å². The van der Waals surface area contributed by atoms with Gasteiger partial charge in [-0.1, -0.05) is 0 Å². The Morgan fingerprint density at radius 3 is 2.58 bits per heavy atom. The molecule has 2 aromatic rings. The fourth-order valence-corrected chi connectivity index (χ4v) is 3.68. The molecule has 0 N–H and O–H groups in total. The molecule has 7 nitrogen and oxygen atoms in total. The standard InChI is InChI=1S/C19H25N5O2/c1-22-19(26)16(6-9-20-22)13-23-10-7-14(8-11-23)12-24-18(25)5-4-17(21-24)15-2-3-15/h4-6,9,14-15H,2-3,7-8,10-13H2,1H3. The lowest BCUT2D eigenvalue weighted by molar-refractivity contribution is 0.162. The molecular weight excluding hydrogens is 330 g/mol. The number of rotatable bonds is 5. The Hall–Kier alpha value is -2.28. The van der Waals surface area contributed by atoms with Gasteiger partial charge >= 0.3 is 0 Å². The van der Waals surface area contributed by atoms with E-state index in [1.54, 1.807) is 30.1 Å². The van der Waals surface area contributed by atoms with Crippen LogP contribution in [0, 0.1) is 5.92 Å². The average molecular weight is 355 g/mol. The molecule has 138 valence electrons. The normalized spacial score (nSPS) is 19.0. The Labute approximate surface area is 152 Å². The molecule has 1 saturated heterocycles. The molecule has 1 saturated carbocycles. The van der Waals surface area contributed by atoms with Gasteiger partial charge in [-0.05, 0) is 56.8 Å². The predicted molar refractivity (Wildman–Crippen MR) is 98.0 cm³/mol. The molecule has 2 aromatic heterocycles. The topological polar surface area (TPSA) is 73.0 Å². The van der Waals surface area contributed by atoms with Crippen LogP contribution in [-0.4, -0.2) is 37.6 Å². The van der Waals surface area contributed by atoms with Crippen LogP contribution < -0.4 is 11.1 Å². The first-order valence-electron chi connectivity index (χ1n) is 9.42. The van der Waals surface area contributed by atoms with Crippen LogP contribution in [0.25, 0.3) is 0 Å². The van der Waals surface area contributed by atoms with Crippen molar-refractivity contribution in [3.8, 4) is 0 Å². The summed E-state index contributed by atoms with van der Waals surface area (Å²) >= 11 is 0. The van der Waals surface area contributed by atoms with Gasteiger partial charge < -0.3 is 0 Å². The summed E-state index contributed by atoms with van der Waals surface area (Å²) < 4.78 is 3.04. The molecule has 7 heteroatoms. The summed E-state index contributed by atoms with van der Waals surface area (Å²) in [6.07, 6.45) is 6.10. The van der Waals surface area contributed by atoms with Crippen LogP contribution >= 0.6 is 0 Å². The van der Waals surface area contributed by atoms with Crippen molar-refractivity contribution in [3.05, 3.63) is 56.4 Å². The first-order chi connectivity index (χ1) is 12.6. The molecule has 0 unspecified atom stereocenters. The van der Waals surface area contributed by atoms with Gasteiger partial charge in [0.15, 0.2) is 0 Å². The Morgan fingerprint density at radius 1 is 1.08 bits per heavy atom. The maximum absolute atomic E-state index is 12.1. The monoisotopic (exact) mass is 355 g/mol. The van der Waals surface area contributed by atoms with Crippen molar-refractivity contribution in [1.82, 2.24) is 24.5 Å². The zero-order chi connectivity index (χ0) is 18.1. The quantitative estimate of drug-likeness (QED) is 0.804. The van der Waals surface area contributed by atoms with Crippen LogP contribution in [0.2, 0.25) is 0 Å². The number of aryl methyl sites for hydroxylation is 1. The van der Waals surface area contributed by atoms with Crippen molar-refractivity contribution in [2.75, 3.05) is 13.1 Å². The summed E-state index contributed by atoms with van der Waals surface area (Å²) in [5, 5.41) is 8.55. The predicted octanol–water partition coefficient (Wildman–Crippen LogP) is 1.13. The number of hydrogen-bond donors (Lipinski definition) is 0. The summed E-state index contributed by atoms with van der Waals surface area (Å²) in [6, 6.07) is 5.35. The van der Waals surface area contributed by atoms with Crippen LogP contribution in [0.5, 0.6) is 0 Å². The Kier molecular flexibility index (Phi) is 4.72. The van der Waals surface area contributed by atoms with Gasteiger partial charge in [-0.15, -0.1) is 0 Å². The fourth-order valence-electron chi connectivity index (χ4n) is 3.68. The molecule has 0 spiro atoms. The van der Waals surface area contributed by atoms with Gasteiger partial charge in [-0.25, -0.2) is 9.36 Å². The number of hydrogen-bond acceptors (Lipinski definition) is 5. The molecule has 2 aliphatic rings. The van der Waals surface area contributed by atoms with Crippen LogP contribution in [0.15, 0.2) is 34.0 Å². The summed E-state index contributed by atoms with van der Waals surface area (Å²) in [6.45, 7) is 3.24. The van der Waals surface area contributed by atoms with Crippen LogP contribution in [0.3, 0.4) is 0 Å². The van der Waals surface area contributed by atoms with E-state index in [0.29, 0.717) is 24.9 Å². The van der Waals surface area contributed by atoms with Gasteiger partial charge in [-0.2, -0.15) is 10.2 Å². The van der Waals surface area contributed by atoms with Gasteiger partial charge in [0.1, 0.15) is 0 Å². The molecule has 3 heterocycles. The van der Waals surface area contributed by atoms with Crippen molar-refractivity contribution in [3.63, 3.8) is 0 Å². The summed E-state index contributed by atoms with van der Waals surface area (Å²) in [7, 11) is 1.68. The van der Waals surface area contributed by atoms with Crippen molar-refractivity contribution in [1.29, 1.82) is 0 Å². The second-order valence-corrected chi connectivity index (χ2v) is 7.56. The van der Waals surface area contributed by atoms with Crippen LogP contribution in [-0.2, 0) is 20.1 Å². The van der Waals surface area contributed by atoms with E-state index >= 15 is 0 Å². The van der Waals surface area contributed by atoms with Crippen LogP contribution in [0.4, 0.5) is 0 Å². The van der Waals surface area contributed by atoms with Crippen molar-refractivity contribution >= 4 is 0 Å². The van der Waals surface area contributed by atoms with Gasteiger partial charge in [0.05, 0.1) is 5.69 Å². The summed E-state index contributed by atoms with van der Waals surface area (Å²) in [4.78, 5) is 26.5. The second-order valence-electron chi connectivity index (χ2n) is 7.56. The fraction of sp³-hybridized carbons (Fsp3) is 0.579. The third-order valence-electron chi connectivity index (χ3n) is 5.50. The zero-order valence-corrected chi connectivity index (χ0v) is 15.2. The highest BCUT2D eigenvalue weighted by Gasteiger charge is 2.26. The van der Waals surface area contributed by atoms with E-state index in [-0.39, 0.29) is 11.1 Å². The van der Waals surface area contributed by atoms with E-state index in [0.717, 1.165) is 37.2 Å². The maximum atomic E-state index is 12.1. The van der Waals surface area contributed by atoms with Gasteiger partial charge in [0.2, 0.25) is 0 Å². The summed E-state index contributed by atoms with van der Waals surface area (Å²) in [5.74, 6) is 1.03. The van der Waals surface area contributed by atoms with Gasteiger partial charge in [0.25, 0.3) is 11.1 Å². The SMILES string of the molecule is Cn1nccc(CN2CCC(Cn3nc(C4CC4)ccc3=O)CC2)c1=O. The molecule has 1 aliphatic carbocycles. The van der Waals surface area contributed by atoms with E-state index in [9.17, 15) is 9.59 Å². The number of likely N-dealkylation sites (tertiary alicyclic amines) is 1. The molecule has 2 fully saturated rings. The van der Waals surface area contributed by atoms with Gasteiger partial charge in [0, 0.05) is 43.9 Å². The first-order valence-corrected chi connectivity index (χ1v) is 9.42. The average Bonchev–Trinajstić information content (AvgIpc) is 3.48. The third-order valence-corrected chi connectivity index (χ3v) is 5.50. The number of piperidine rings is 1. The molecule has 4 rings (SSSR count). The van der Waals surface area contributed by atoms with Crippen LogP contribution in [0.1, 0.15) is 42.9 Å². The first kappa shape index (κ1) is 17.1. The highest BCUT2D eigenvalue weighted by Crippen LogP contribution is 2.38. The molecule has 0 aromatic carbocycles. The lowest BCUT2D eigenvalue weighted by atomic mass is 9.96. The molecule has 1 aliphatic heterocycles. The minimum Gasteiger partial charge on any atom is -0.299 e. The Morgan fingerprint density at radius 2 is 1.85 bits per heavy atom. The molecule has 0 atom stereocenters. The zero-order valence-electron chi connectivity index (χ0n) is 15.2. The largest absolute Gasteiger partial charge is 0.299 e. The van der Waals surface area contributed by atoms with E-state index in [4.69, 9.17) is 0 Å². The molecule has 0 amide bonds. The molecular formula is C19H25N5O2. The lowest BCUT2D eigenvalue weighted by Gasteiger charge is -2.31. The molecule has 0 radical (unpaired) electrons. The Bertz CT molecular complexity index is 891. The minimum atomic E-state index is -0.0257. The van der Waals surface area contributed by atoms with Crippen molar-refractivity contribution in [2.24, 2.45) is 13.0 Å².